The first-order chi connectivity index (χ1) is 10.3. The summed E-state index contributed by atoms with van der Waals surface area (Å²) in [7, 11) is 0. The Labute approximate surface area is 128 Å². The van der Waals surface area contributed by atoms with Gasteiger partial charge in [0, 0.05) is 18.7 Å². The first-order valence-corrected chi connectivity index (χ1v) is 8.20. The van der Waals surface area contributed by atoms with Crippen LogP contribution in [0, 0.1) is 0 Å². The van der Waals surface area contributed by atoms with Gasteiger partial charge in [0.1, 0.15) is 0 Å². The van der Waals surface area contributed by atoms with Crippen molar-refractivity contribution in [3.63, 3.8) is 0 Å². The van der Waals surface area contributed by atoms with E-state index in [4.69, 9.17) is 0 Å². The molecule has 0 radical (unpaired) electrons. The summed E-state index contributed by atoms with van der Waals surface area (Å²) in [5.41, 5.74) is 2.84. The van der Waals surface area contributed by atoms with Crippen LogP contribution in [0.2, 0.25) is 0 Å². The third-order valence-electron chi connectivity index (χ3n) is 3.98. The predicted octanol–water partition coefficient (Wildman–Crippen LogP) is 2.93. The van der Waals surface area contributed by atoms with Crippen LogP contribution in [-0.4, -0.2) is 12.5 Å². The summed E-state index contributed by atoms with van der Waals surface area (Å²) in [5, 5.41) is 3.02. The van der Waals surface area contributed by atoms with Gasteiger partial charge < -0.3 is 5.32 Å². The van der Waals surface area contributed by atoms with Gasteiger partial charge in [-0.05, 0) is 44.1 Å². The van der Waals surface area contributed by atoms with Crippen LogP contribution in [0.25, 0.3) is 0 Å². The Bertz CT molecular complexity index is 476. The average molecular weight is 287 g/mol. The maximum Gasteiger partial charge on any atom is 0.285 e. The normalized spacial score (nSPS) is 14.6. The molecule has 0 aliphatic heterocycles. The zero-order valence-electron chi connectivity index (χ0n) is 13.1. The van der Waals surface area contributed by atoms with Gasteiger partial charge >= 0.3 is 0 Å². The second-order valence-corrected chi connectivity index (χ2v) is 5.84. The van der Waals surface area contributed by atoms with Crippen LogP contribution in [0.15, 0.2) is 36.2 Å². The first-order valence-electron chi connectivity index (χ1n) is 8.20. The summed E-state index contributed by atoms with van der Waals surface area (Å²) in [6.07, 6.45) is 14.6. The van der Waals surface area contributed by atoms with Crippen molar-refractivity contribution < 1.29 is 9.36 Å². The van der Waals surface area contributed by atoms with Crippen LogP contribution in [-0.2, 0) is 17.8 Å². The van der Waals surface area contributed by atoms with Crippen molar-refractivity contribution in [3.8, 4) is 0 Å². The number of carbonyl (C=O) groups is 1. The second-order valence-electron chi connectivity index (χ2n) is 5.84. The number of carbonyl (C=O) groups excluding carboxylic acids is 1. The molecule has 1 N–H and O–H groups in total. The number of amides is 1. The average Bonchev–Trinajstić information content (AvgIpc) is 2.51. The maximum atomic E-state index is 11.9. The molecule has 1 heterocycles. The van der Waals surface area contributed by atoms with Crippen LogP contribution in [0.4, 0.5) is 0 Å². The fourth-order valence-electron chi connectivity index (χ4n) is 2.76. The molecule has 0 atom stereocenters. The highest BCUT2D eigenvalue weighted by molar-refractivity contribution is 5.74. The number of hydrogen-bond donors (Lipinski definition) is 1. The van der Waals surface area contributed by atoms with Gasteiger partial charge in [0.2, 0.25) is 6.54 Å². The summed E-state index contributed by atoms with van der Waals surface area (Å²) in [6.45, 7) is 3.35. The molecule has 3 nitrogen and oxygen atoms in total. The third-order valence-corrected chi connectivity index (χ3v) is 3.98. The zero-order valence-corrected chi connectivity index (χ0v) is 13.1. The largest absolute Gasteiger partial charge is 0.350 e. The van der Waals surface area contributed by atoms with E-state index in [-0.39, 0.29) is 5.91 Å². The van der Waals surface area contributed by atoms with Crippen LogP contribution in [0.1, 0.15) is 51.0 Å². The number of hydrogen-bond acceptors (Lipinski definition) is 1. The molecule has 21 heavy (non-hydrogen) atoms. The molecule has 0 spiro atoms. The maximum absolute atomic E-state index is 11.9. The number of nitrogens with one attached hydrogen (secondary N) is 1. The topological polar surface area (TPSA) is 33.0 Å². The van der Waals surface area contributed by atoms with Crippen molar-refractivity contribution in [2.45, 2.75) is 58.4 Å². The minimum Gasteiger partial charge on any atom is -0.350 e. The molecule has 3 heteroatoms. The van der Waals surface area contributed by atoms with E-state index in [1.807, 2.05) is 17.0 Å². The predicted molar refractivity (Wildman–Crippen MR) is 84.8 cm³/mol. The molecule has 1 aliphatic rings. The molecule has 2 rings (SSSR count). The van der Waals surface area contributed by atoms with Gasteiger partial charge in [0.05, 0.1) is 0 Å². The molecule has 1 amide bonds. The lowest BCUT2D eigenvalue weighted by Crippen LogP contribution is -2.42. The standard InChI is InChI=1S/C18H26N2O/c1-2-6-16-10-13-20(14-11-16)15-18(21)19-12-9-17-7-4-3-5-8-17/h7,10-11,13-14H,2-6,8-9,12,15H2,1H3/p+1. The Balaban J connectivity index is 1.70. The third kappa shape index (κ3) is 5.70. The smallest absolute Gasteiger partial charge is 0.285 e. The van der Waals surface area contributed by atoms with E-state index in [9.17, 15) is 4.79 Å². The van der Waals surface area contributed by atoms with Gasteiger partial charge in [-0.25, -0.2) is 0 Å². The number of pyridine rings is 1. The van der Waals surface area contributed by atoms with E-state index < -0.39 is 0 Å². The van der Waals surface area contributed by atoms with Crippen LogP contribution in [0.5, 0.6) is 0 Å². The van der Waals surface area contributed by atoms with Crippen molar-refractivity contribution in [2.24, 2.45) is 0 Å². The Morgan fingerprint density at radius 3 is 2.71 bits per heavy atom. The second kappa shape index (κ2) is 8.60. The number of aryl methyl sites for hydroxylation is 1. The van der Waals surface area contributed by atoms with Gasteiger partial charge in [-0.3, -0.25) is 4.79 Å². The van der Waals surface area contributed by atoms with E-state index in [1.54, 1.807) is 0 Å². The SMILES string of the molecule is CCCc1cc[n+](CC(=O)NCCC2=CCCCC2)cc1. The fourth-order valence-corrected chi connectivity index (χ4v) is 2.76. The molecule has 1 aromatic rings. The van der Waals surface area contributed by atoms with E-state index in [2.05, 4.69) is 30.4 Å². The Hall–Kier alpha value is -1.64. The van der Waals surface area contributed by atoms with E-state index >= 15 is 0 Å². The molecule has 0 saturated heterocycles. The quantitative estimate of drug-likeness (QED) is 0.607. The summed E-state index contributed by atoms with van der Waals surface area (Å²) >= 11 is 0. The molecule has 0 fully saturated rings. The number of rotatable bonds is 7. The first kappa shape index (κ1) is 15.7. The van der Waals surface area contributed by atoms with Crippen molar-refractivity contribution in [1.82, 2.24) is 5.32 Å². The van der Waals surface area contributed by atoms with Gasteiger partial charge in [0.15, 0.2) is 12.4 Å². The van der Waals surface area contributed by atoms with Crippen LogP contribution >= 0.6 is 0 Å². The number of aromatic nitrogens is 1. The molecular formula is C18H27N2O+. The van der Waals surface area contributed by atoms with E-state index in [1.165, 1.54) is 36.8 Å². The van der Waals surface area contributed by atoms with Crippen molar-refractivity contribution in [1.29, 1.82) is 0 Å². The van der Waals surface area contributed by atoms with Crippen LogP contribution in [0.3, 0.4) is 0 Å². The summed E-state index contributed by atoms with van der Waals surface area (Å²) in [6, 6.07) is 4.20. The summed E-state index contributed by atoms with van der Waals surface area (Å²) in [4.78, 5) is 11.9. The highest BCUT2D eigenvalue weighted by Crippen LogP contribution is 2.19. The van der Waals surface area contributed by atoms with Gasteiger partial charge in [-0.15, -0.1) is 0 Å². The molecule has 0 bridgehead atoms. The molecule has 0 aromatic carbocycles. The molecule has 0 saturated carbocycles. The van der Waals surface area contributed by atoms with E-state index in [0.29, 0.717) is 6.54 Å². The monoisotopic (exact) mass is 287 g/mol. The zero-order chi connectivity index (χ0) is 14.9. The number of allylic oxidation sites excluding steroid dienone is 1. The van der Waals surface area contributed by atoms with Crippen molar-refractivity contribution in [3.05, 3.63) is 41.7 Å². The van der Waals surface area contributed by atoms with Crippen molar-refractivity contribution >= 4 is 5.91 Å². The van der Waals surface area contributed by atoms with Gasteiger partial charge in [-0.1, -0.05) is 25.0 Å². The minimum atomic E-state index is 0.0969. The van der Waals surface area contributed by atoms with Gasteiger partial charge in [-0.2, -0.15) is 4.57 Å². The molecule has 114 valence electrons. The van der Waals surface area contributed by atoms with E-state index in [0.717, 1.165) is 25.8 Å². The van der Waals surface area contributed by atoms with Crippen molar-refractivity contribution in [2.75, 3.05) is 6.54 Å². The lowest BCUT2D eigenvalue weighted by molar-refractivity contribution is -0.684. The highest BCUT2D eigenvalue weighted by Gasteiger charge is 2.09. The lowest BCUT2D eigenvalue weighted by atomic mass is 9.97. The van der Waals surface area contributed by atoms with Crippen LogP contribution < -0.4 is 9.88 Å². The molecule has 0 unspecified atom stereocenters. The minimum absolute atomic E-state index is 0.0969. The Morgan fingerprint density at radius 2 is 2.05 bits per heavy atom. The summed E-state index contributed by atoms with van der Waals surface area (Å²) in [5.74, 6) is 0.0969. The Kier molecular flexibility index (Phi) is 6.45. The number of nitrogens with zero attached hydrogens (tertiary/aromatic N) is 1. The lowest BCUT2D eigenvalue weighted by Gasteiger charge is -2.12. The fraction of sp³-hybridized carbons (Fsp3) is 0.556. The molecule has 1 aromatic heterocycles. The van der Waals surface area contributed by atoms with Gasteiger partial charge in [0.25, 0.3) is 5.91 Å². The Morgan fingerprint density at radius 1 is 1.24 bits per heavy atom. The highest BCUT2D eigenvalue weighted by atomic mass is 16.1. The molecule has 1 aliphatic carbocycles. The molecular weight excluding hydrogens is 260 g/mol. The summed E-state index contributed by atoms with van der Waals surface area (Å²) < 4.78 is 1.94.